The first kappa shape index (κ1) is 22.9. The quantitative estimate of drug-likeness (QED) is 0.576. The number of benzene rings is 1. The van der Waals surface area contributed by atoms with E-state index in [9.17, 15) is 14.7 Å². The van der Waals surface area contributed by atoms with Gasteiger partial charge in [0.05, 0.1) is 34.6 Å². The molecule has 1 fully saturated rings. The standard InChI is InChI=1S/C29H30N4O3/c34-25(24-13-7-12-22(30-24)19-8-3-1-4-9-19)27(36)33-17-14-23-21(18-33)26(35)32-28(31-23)29(15-16-29)20-10-5-2-6-11-20/h2,5-8,10-13,25,34H,1,3-4,9,14-18H2,(H,31,32,35). The Hall–Kier alpha value is -3.58. The Bertz CT molecular complexity index is 1390. The number of aliphatic hydroxyl groups excluding tert-OH is 1. The predicted molar refractivity (Wildman–Crippen MR) is 136 cm³/mol. The van der Waals surface area contributed by atoms with Gasteiger partial charge in [0.25, 0.3) is 11.5 Å². The van der Waals surface area contributed by atoms with E-state index in [0.29, 0.717) is 24.2 Å². The second-order valence-corrected chi connectivity index (χ2v) is 10.1. The van der Waals surface area contributed by atoms with E-state index >= 15 is 0 Å². The van der Waals surface area contributed by atoms with Gasteiger partial charge in [-0.3, -0.25) is 9.59 Å². The van der Waals surface area contributed by atoms with Gasteiger partial charge in [-0.1, -0.05) is 42.5 Å². The van der Waals surface area contributed by atoms with Crippen LogP contribution in [0, 0.1) is 0 Å². The summed E-state index contributed by atoms with van der Waals surface area (Å²) in [6.07, 6.45) is 7.54. The first-order chi connectivity index (χ1) is 17.5. The molecule has 2 aliphatic carbocycles. The molecule has 6 rings (SSSR count). The number of aromatic nitrogens is 3. The van der Waals surface area contributed by atoms with Crippen LogP contribution in [0.1, 0.15) is 78.7 Å². The van der Waals surface area contributed by atoms with Gasteiger partial charge < -0.3 is 15.0 Å². The number of H-pyrrole nitrogens is 1. The van der Waals surface area contributed by atoms with Crippen LogP contribution in [0.2, 0.25) is 0 Å². The number of pyridine rings is 1. The lowest BCUT2D eigenvalue weighted by atomic mass is 9.94. The molecule has 36 heavy (non-hydrogen) atoms. The second-order valence-electron chi connectivity index (χ2n) is 10.1. The molecule has 0 radical (unpaired) electrons. The fourth-order valence-electron chi connectivity index (χ4n) is 5.54. The molecule has 1 atom stereocenters. The topological polar surface area (TPSA) is 99.2 Å². The van der Waals surface area contributed by atoms with Crippen molar-refractivity contribution in [3.8, 4) is 0 Å². The van der Waals surface area contributed by atoms with Crippen LogP contribution in [0.3, 0.4) is 0 Å². The molecule has 184 valence electrons. The zero-order valence-electron chi connectivity index (χ0n) is 20.2. The van der Waals surface area contributed by atoms with Gasteiger partial charge in [0.1, 0.15) is 5.82 Å². The number of fused-ring (bicyclic) bond motifs is 1. The van der Waals surface area contributed by atoms with Crippen molar-refractivity contribution in [2.24, 2.45) is 0 Å². The summed E-state index contributed by atoms with van der Waals surface area (Å²) in [5.41, 5.74) is 4.34. The van der Waals surface area contributed by atoms with Crippen LogP contribution < -0.4 is 5.56 Å². The number of nitrogens with zero attached hydrogens (tertiary/aromatic N) is 3. The van der Waals surface area contributed by atoms with Crippen LogP contribution in [0.5, 0.6) is 0 Å². The lowest BCUT2D eigenvalue weighted by molar-refractivity contribution is -0.141. The molecule has 2 aromatic heterocycles. The highest BCUT2D eigenvalue weighted by molar-refractivity contribution is 5.82. The summed E-state index contributed by atoms with van der Waals surface area (Å²) in [5, 5.41) is 10.9. The van der Waals surface area contributed by atoms with Crippen molar-refractivity contribution in [1.29, 1.82) is 0 Å². The van der Waals surface area contributed by atoms with Crippen molar-refractivity contribution in [1.82, 2.24) is 19.9 Å². The molecular formula is C29H30N4O3. The fraction of sp³-hybridized carbons (Fsp3) is 0.379. The molecule has 1 aromatic carbocycles. The highest BCUT2D eigenvalue weighted by Gasteiger charge is 2.48. The molecule has 0 spiro atoms. The van der Waals surface area contributed by atoms with E-state index in [1.165, 1.54) is 17.6 Å². The Morgan fingerprint density at radius 3 is 2.61 bits per heavy atom. The first-order valence-corrected chi connectivity index (χ1v) is 12.9. The zero-order valence-corrected chi connectivity index (χ0v) is 20.2. The lowest BCUT2D eigenvalue weighted by Crippen LogP contribution is -2.42. The maximum Gasteiger partial charge on any atom is 0.257 e. The van der Waals surface area contributed by atoms with Crippen molar-refractivity contribution in [2.45, 2.75) is 63.0 Å². The molecular weight excluding hydrogens is 452 g/mol. The van der Waals surface area contributed by atoms with Crippen LogP contribution in [-0.4, -0.2) is 37.4 Å². The van der Waals surface area contributed by atoms with Crippen molar-refractivity contribution in [3.05, 3.63) is 99.0 Å². The van der Waals surface area contributed by atoms with Gasteiger partial charge in [-0.25, -0.2) is 9.97 Å². The number of nitrogens with one attached hydrogen (secondary N) is 1. The second kappa shape index (κ2) is 9.13. The van der Waals surface area contributed by atoms with Crippen molar-refractivity contribution in [2.75, 3.05) is 6.54 Å². The summed E-state index contributed by atoms with van der Waals surface area (Å²) < 4.78 is 0. The summed E-state index contributed by atoms with van der Waals surface area (Å²) in [7, 11) is 0. The van der Waals surface area contributed by atoms with Gasteiger partial charge in [0.2, 0.25) is 0 Å². The Morgan fingerprint density at radius 1 is 1.03 bits per heavy atom. The van der Waals surface area contributed by atoms with Gasteiger partial charge >= 0.3 is 0 Å². The van der Waals surface area contributed by atoms with Crippen LogP contribution in [0.4, 0.5) is 0 Å². The molecule has 7 heteroatoms. The fourth-order valence-corrected chi connectivity index (χ4v) is 5.54. The maximum absolute atomic E-state index is 13.2. The summed E-state index contributed by atoms with van der Waals surface area (Å²) in [5.74, 6) is 0.282. The molecule has 1 aliphatic heterocycles. The normalized spacial score (nSPS) is 19.2. The largest absolute Gasteiger partial charge is 0.377 e. The molecule has 7 nitrogen and oxygen atoms in total. The SMILES string of the molecule is O=C(C(O)c1cccc(C2=CCCCC2)n1)N1CCc2nc(C3(c4ccccc4)CC3)[nH]c(=O)c2C1. The number of hydrogen-bond acceptors (Lipinski definition) is 5. The van der Waals surface area contributed by atoms with Crippen LogP contribution in [0.25, 0.3) is 5.57 Å². The average molecular weight is 483 g/mol. The predicted octanol–water partition coefficient (Wildman–Crippen LogP) is 3.82. The molecule has 3 heterocycles. The smallest absolute Gasteiger partial charge is 0.257 e. The van der Waals surface area contributed by atoms with E-state index < -0.39 is 12.0 Å². The Morgan fingerprint density at radius 2 is 1.86 bits per heavy atom. The van der Waals surface area contributed by atoms with Crippen LogP contribution in [0.15, 0.2) is 59.4 Å². The van der Waals surface area contributed by atoms with Crippen LogP contribution >= 0.6 is 0 Å². The van der Waals surface area contributed by atoms with Gasteiger partial charge in [-0.05, 0) is 61.8 Å². The Kier molecular flexibility index (Phi) is 5.80. The number of carbonyl (C=O) groups excluding carboxylic acids is 1. The van der Waals surface area contributed by atoms with E-state index in [-0.39, 0.29) is 17.5 Å². The maximum atomic E-state index is 13.2. The minimum absolute atomic E-state index is 0.136. The van der Waals surface area contributed by atoms with Crippen molar-refractivity contribution < 1.29 is 9.90 Å². The summed E-state index contributed by atoms with van der Waals surface area (Å²) >= 11 is 0. The summed E-state index contributed by atoms with van der Waals surface area (Å²) in [6, 6.07) is 15.6. The highest BCUT2D eigenvalue weighted by Crippen LogP contribution is 2.51. The third kappa shape index (κ3) is 4.07. The number of aliphatic hydroxyl groups is 1. The minimum atomic E-state index is -1.37. The molecule has 0 saturated heterocycles. The van der Waals surface area contributed by atoms with Crippen LogP contribution in [-0.2, 0) is 23.2 Å². The number of amides is 1. The van der Waals surface area contributed by atoms with E-state index in [1.54, 1.807) is 11.0 Å². The number of carbonyl (C=O) groups is 1. The van der Waals surface area contributed by atoms with E-state index in [2.05, 4.69) is 28.2 Å². The van der Waals surface area contributed by atoms with E-state index in [1.807, 2.05) is 30.3 Å². The molecule has 1 saturated carbocycles. The average Bonchev–Trinajstić information content (AvgIpc) is 3.75. The summed E-state index contributed by atoms with van der Waals surface area (Å²) in [4.78, 5) is 40.4. The van der Waals surface area contributed by atoms with E-state index in [0.717, 1.165) is 49.3 Å². The van der Waals surface area contributed by atoms with Gasteiger partial charge in [0, 0.05) is 13.0 Å². The molecule has 3 aliphatic rings. The number of hydrogen-bond donors (Lipinski definition) is 2. The lowest BCUT2D eigenvalue weighted by Gasteiger charge is -2.30. The highest BCUT2D eigenvalue weighted by atomic mass is 16.3. The number of allylic oxidation sites excluding steroid dienone is 2. The Labute approximate surface area is 209 Å². The molecule has 3 aromatic rings. The van der Waals surface area contributed by atoms with E-state index in [4.69, 9.17) is 4.98 Å². The zero-order chi connectivity index (χ0) is 24.7. The van der Waals surface area contributed by atoms with Crippen molar-refractivity contribution >= 4 is 11.5 Å². The van der Waals surface area contributed by atoms with Gasteiger partial charge in [-0.15, -0.1) is 0 Å². The molecule has 1 amide bonds. The summed E-state index contributed by atoms with van der Waals surface area (Å²) in [6.45, 7) is 0.541. The van der Waals surface area contributed by atoms with Gasteiger partial charge in [-0.2, -0.15) is 0 Å². The van der Waals surface area contributed by atoms with Crippen molar-refractivity contribution in [3.63, 3.8) is 0 Å². The van der Waals surface area contributed by atoms with Gasteiger partial charge in [0.15, 0.2) is 6.10 Å². The monoisotopic (exact) mass is 482 g/mol. The third-order valence-corrected chi connectivity index (χ3v) is 7.81. The number of rotatable bonds is 5. The Balaban J connectivity index is 1.22. The first-order valence-electron chi connectivity index (χ1n) is 12.9. The number of aromatic amines is 1. The molecule has 0 bridgehead atoms. The molecule has 1 unspecified atom stereocenters. The third-order valence-electron chi connectivity index (χ3n) is 7.81. The molecule has 2 N–H and O–H groups in total. The minimum Gasteiger partial charge on any atom is -0.377 e.